The third-order valence-electron chi connectivity index (χ3n) is 3.97. The van der Waals surface area contributed by atoms with E-state index in [4.69, 9.17) is 16.3 Å². The van der Waals surface area contributed by atoms with Gasteiger partial charge in [0, 0.05) is 21.4 Å². The lowest BCUT2D eigenvalue weighted by molar-refractivity contribution is -0.125. The fraction of sp³-hybridized carbons (Fsp3) is 0.0500. The standard InChI is InChI=1S/C20H15ClN2O6/c21-12-7-5-11(6-8-12)19(27)23-22-17(25)10-29-20(28)15-9-16(24)13-3-1-2-4-14(13)18(15)26/h1-9,24,26H,10H2,(H,22,25)(H,23,27). The quantitative estimate of drug-likeness (QED) is 0.295. The van der Waals surface area contributed by atoms with Gasteiger partial charge < -0.3 is 14.9 Å². The summed E-state index contributed by atoms with van der Waals surface area (Å²) >= 11 is 5.73. The molecule has 0 spiro atoms. The minimum Gasteiger partial charge on any atom is -0.507 e. The number of ether oxygens (including phenoxy) is 1. The lowest BCUT2D eigenvalue weighted by Crippen LogP contribution is -2.43. The van der Waals surface area contributed by atoms with Crippen molar-refractivity contribution in [3.8, 4) is 11.5 Å². The molecule has 0 aliphatic carbocycles. The van der Waals surface area contributed by atoms with Crippen LogP contribution >= 0.6 is 11.6 Å². The molecule has 0 saturated heterocycles. The van der Waals surface area contributed by atoms with Crippen molar-refractivity contribution in [1.82, 2.24) is 10.9 Å². The Kier molecular flexibility index (Phi) is 5.85. The predicted molar refractivity (Wildman–Crippen MR) is 105 cm³/mol. The van der Waals surface area contributed by atoms with Gasteiger partial charge >= 0.3 is 5.97 Å². The van der Waals surface area contributed by atoms with Crippen LogP contribution in [0.3, 0.4) is 0 Å². The summed E-state index contributed by atoms with van der Waals surface area (Å²) in [5.41, 5.74) is 4.24. The van der Waals surface area contributed by atoms with Gasteiger partial charge in [-0.2, -0.15) is 0 Å². The lowest BCUT2D eigenvalue weighted by atomic mass is 10.0. The zero-order valence-corrected chi connectivity index (χ0v) is 15.6. The van der Waals surface area contributed by atoms with Gasteiger partial charge in [-0.15, -0.1) is 0 Å². The van der Waals surface area contributed by atoms with Crippen molar-refractivity contribution in [3.05, 3.63) is 70.7 Å². The number of phenolic OH excluding ortho intramolecular Hbond substituents is 2. The van der Waals surface area contributed by atoms with Crippen molar-refractivity contribution in [2.75, 3.05) is 6.61 Å². The smallest absolute Gasteiger partial charge is 0.342 e. The molecule has 0 aliphatic heterocycles. The summed E-state index contributed by atoms with van der Waals surface area (Å²) in [5.74, 6) is -2.99. The number of fused-ring (bicyclic) bond motifs is 1. The second kappa shape index (κ2) is 8.49. The number of phenols is 2. The molecule has 0 heterocycles. The van der Waals surface area contributed by atoms with Crippen LogP contribution in [0.2, 0.25) is 5.02 Å². The summed E-state index contributed by atoms with van der Waals surface area (Å²) in [7, 11) is 0. The number of hydrazine groups is 1. The highest BCUT2D eigenvalue weighted by Crippen LogP contribution is 2.35. The molecule has 148 valence electrons. The van der Waals surface area contributed by atoms with E-state index in [0.29, 0.717) is 10.4 Å². The first kappa shape index (κ1) is 20.0. The van der Waals surface area contributed by atoms with Gasteiger partial charge in [0.2, 0.25) is 0 Å². The maximum absolute atomic E-state index is 12.2. The van der Waals surface area contributed by atoms with Gasteiger partial charge in [0.1, 0.15) is 17.1 Å². The molecule has 0 aromatic heterocycles. The van der Waals surface area contributed by atoms with Crippen LogP contribution in [0.5, 0.6) is 11.5 Å². The molecule has 0 fully saturated rings. The van der Waals surface area contributed by atoms with Gasteiger partial charge in [0.15, 0.2) is 6.61 Å². The van der Waals surface area contributed by atoms with Crippen LogP contribution in [0.15, 0.2) is 54.6 Å². The highest BCUT2D eigenvalue weighted by atomic mass is 35.5. The molecule has 3 aromatic rings. The number of halogens is 1. The first-order chi connectivity index (χ1) is 13.9. The zero-order chi connectivity index (χ0) is 21.0. The van der Waals surface area contributed by atoms with E-state index in [-0.39, 0.29) is 28.0 Å². The molecule has 4 N–H and O–H groups in total. The largest absolute Gasteiger partial charge is 0.507 e. The normalized spacial score (nSPS) is 10.4. The molecule has 3 aromatic carbocycles. The van der Waals surface area contributed by atoms with E-state index < -0.39 is 24.4 Å². The third-order valence-corrected chi connectivity index (χ3v) is 4.22. The number of rotatable bonds is 4. The van der Waals surface area contributed by atoms with Gasteiger partial charge in [-0.25, -0.2) is 4.79 Å². The van der Waals surface area contributed by atoms with E-state index in [1.807, 2.05) is 0 Å². The molecule has 3 rings (SSSR count). The number of benzene rings is 3. The zero-order valence-electron chi connectivity index (χ0n) is 14.8. The molecule has 0 saturated carbocycles. The van der Waals surface area contributed by atoms with Gasteiger partial charge in [-0.1, -0.05) is 35.9 Å². The fourth-order valence-corrected chi connectivity index (χ4v) is 2.67. The molecule has 29 heavy (non-hydrogen) atoms. The van der Waals surface area contributed by atoms with E-state index in [0.717, 1.165) is 6.07 Å². The fourth-order valence-electron chi connectivity index (χ4n) is 2.54. The maximum atomic E-state index is 12.2. The molecule has 8 nitrogen and oxygen atoms in total. The molecule has 2 amide bonds. The van der Waals surface area contributed by atoms with Crippen LogP contribution in [0.25, 0.3) is 10.8 Å². The molecular weight excluding hydrogens is 400 g/mol. The number of carbonyl (C=O) groups is 3. The molecule has 0 radical (unpaired) electrons. The molecule has 0 atom stereocenters. The molecule has 9 heteroatoms. The summed E-state index contributed by atoms with van der Waals surface area (Å²) < 4.78 is 4.84. The molecule has 0 bridgehead atoms. The monoisotopic (exact) mass is 414 g/mol. The number of aromatic hydroxyl groups is 2. The van der Waals surface area contributed by atoms with E-state index in [1.54, 1.807) is 18.2 Å². The first-order valence-electron chi connectivity index (χ1n) is 8.32. The van der Waals surface area contributed by atoms with Crippen LogP contribution in [-0.2, 0) is 9.53 Å². The Balaban J connectivity index is 1.58. The summed E-state index contributed by atoms with van der Waals surface area (Å²) in [6.07, 6.45) is 0. The molecule has 0 unspecified atom stereocenters. The minimum absolute atomic E-state index is 0.218. The second-order valence-corrected chi connectivity index (χ2v) is 6.36. The van der Waals surface area contributed by atoms with Crippen molar-refractivity contribution in [3.63, 3.8) is 0 Å². The number of amides is 2. The number of carbonyl (C=O) groups excluding carboxylic acids is 3. The van der Waals surface area contributed by atoms with Crippen LogP contribution in [0, 0.1) is 0 Å². The average molecular weight is 415 g/mol. The Morgan fingerprint density at radius 3 is 2.28 bits per heavy atom. The number of esters is 1. The topological polar surface area (TPSA) is 125 Å². The van der Waals surface area contributed by atoms with Crippen molar-refractivity contribution in [1.29, 1.82) is 0 Å². The van der Waals surface area contributed by atoms with Gasteiger partial charge in [-0.3, -0.25) is 20.4 Å². The van der Waals surface area contributed by atoms with Crippen molar-refractivity contribution >= 4 is 40.2 Å². The summed E-state index contributed by atoms with van der Waals surface area (Å²) in [6.45, 7) is -0.716. The van der Waals surface area contributed by atoms with Crippen LogP contribution in [0.4, 0.5) is 0 Å². The average Bonchev–Trinajstić information content (AvgIpc) is 2.73. The highest BCUT2D eigenvalue weighted by molar-refractivity contribution is 6.30. The molecule has 0 aliphatic rings. The number of hydrogen-bond donors (Lipinski definition) is 4. The maximum Gasteiger partial charge on any atom is 0.342 e. The SMILES string of the molecule is O=C(COC(=O)c1cc(O)c2ccccc2c1O)NNC(=O)c1ccc(Cl)cc1. The second-order valence-electron chi connectivity index (χ2n) is 5.92. The van der Waals surface area contributed by atoms with Gasteiger partial charge in [-0.05, 0) is 30.3 Å². The Morgan fingerprint density at radius 1 is 0.931 bits per heavy atom. The summed E-state index contributed by atoms with van der Waals surface area (Å²) in [5, 5.41) is 21.4. The van der Waals surface area contributed by atoms with Gasteiger partial charge in [0.05, 0.1) is 0 Å². The van der Waals surface area contributed by atoms with Gasteiger partial charge in [0.25, 0.3) is 11.8 Å². The Hall–Kier alpha value is -3.78. The summed E-state index contributed by atoms with van der Waals surface area (Å²) in [6, 6.07) is 13.4. The number of hydrogen-bond acceptors (Lipinski definition) is 6. The van der Waals surface area contributed by atoms with E-state index >= 15 is 0 Å². The Labute approximate surface area is 169 Å². The summed E-state index contributed by atoms with van der Waals surface area (Å²) in [4.78, 5) is 35.9. The number of nitrogens with one attached hydrogen (secondary N) is 2. The Morgan fingerprint density at radius 2 is 1.59 bits per heavy atom. The van der Waals surface area contributed by atoms with E-state index in [1.165, 1.54) is 30.3 Å². The lowest BCUT2D eigenvalue weighted by Gasteiger charge is -2.11. The van der Waals surface area contributed by atoms with E-state index in [2.05, 4.69) is 10.9 Å². The van der Waals surface area contributed by atoms with Crippen molar-refractivity contribution in [2.45, 2.75) is 0 Å². The first-order valence-corrected chi connectivity index (χ1v) is 8.70. The van der Waals surface area contributed by atoms with E-state index in [9.17, 15) is 24.6 Å². The Bertz CT molecular complexity index is 1100. The van der Waals surface area contributed by atoms with Crippen LogP contribution in [0.1, 0.15) is 20.7 Å². The highest BCUT2D eigenvalue weighted by Gasteiger charge is 2.19. The van der Waals surface area contributed by atoms with Crippen LogP contribution in [-0.4, -0.2) is 34.6 Å². The third kappa shape index (κ3) is 4.56. The van der Waals surface area contributed by atoms with Crippen LogP contribution < -0.4 is 10.9 Å². The molecular formula is C20H15ClN2O6. The van der Waals surface area contributed by atoms with Crippen molar-refractivity contribution < 1.29 is 29.3 Å². The minimum atomic E-state index is -1.01. The predicted octanol–water partition coefficient (Wildman–Crippen LogP) is 2.52. The van der Waals surface area contributed by atoms with Crippen molar-refractivity contribution in [2.24, 2.45) is 0 Å².